The van der Waals surface area contributed by atoms with Gasteiger partial charge >= 0.3 is 0 Å². The predicted molar refractivity (Wildman–Crippen MR) is 117 cm³/mol. The molecule has 0 aliphatic heterocycles. The van der Waals surface area contributed by atoms with Crippen molar-refractivity contribution in [2.24, 2.45) is 4.99 Å². The predicted octanol–water partition coefficient (Wildman–Crippen LogP) is 3.22. The first kappa shape index (κ1) is 22.9. The summed E-state index contributed by atoms with van der Waals surface area (Å²) < 4.78 is 21.6. The number of guanidine groups is 1. The van der Waals surface area contributed by atoms with E-state index in [2.05, 4.69) is 15.6 Å². The minimum Gasteiger partial charge on any atom is -0.496 e. The van der Waals surface area contributed by atoms with E-state index in [0.717, 1.165) is 35.3 Å². The van der Waals surface area contributed by atoms with Crippen LogP contribution in [0.2, 0.25) is 0 Å². The Bertz CT molecular complexity index is 680. The molecule has 1 aromatic heterocycles. The van der Waals surface area contributed by atoms with Gasteiger partial charge in [0.05, 0.1) is 27.6 Å². The molecule has 0 atom stereocenters. The summed E-state index contributed by atoms with van der Waals surface area (Å²) in [6.07, 6.45) is 2.36. The second-order valence-corrected chi connectivity index (χ2v) is 5.46. The van der Waals surface area contributed by atoms with Gasteiger partial charge in [-0.3, -0.25) is 0 Å². The molecule has 2 N–H and O–H groups in total. The Morgan fingerprint density at radius 2 is 1.78 bits per heavy atom. The Balaban J connectivity index is 0.00000364. The zero-order valence-corrected chi connectivity index (χ0v) is 18.5. The quantitative estimate of drug-likeness (QED) is 0.320. The summed E-state index contributed by atoms with van der Waals surface area (Å²) in [7, 11) is 4.90. The maximum Gasteiger partial charge on any atom is 0.191 e. The van der Waals surface area contributed by atoms with Gasteiger partial charge in [0.1, 0.15) is 29.6 Å². The Morgan fingerprint density at radius 3 is 2.30 bits per heavy atom. The van der Waals surface area contributed by atoms with Crippen LogP contribution in [0.25, 0.3) is 0 Å². The highest BCUT2D eigenvalue weighted by Gasteiger charge is 2.13. The van der Waals surface area contributed by atoms with Gasteiger partial charge in [0.25, 0.3) is 0 Å². The fourth-order valence-corrected chi connectivity index (χ4v) is 2.53. The maximum atomic E-state index is 5.49. The summed E-state index contributed by atoms with van der Waals surface area (Å²) in [4.78, 5) is 4.52. The molecule has 7 nitrogen and oxygen atoms in total. The Hall–Kier alpha value is -2.10. The van der Waals surface area contributed by atoms with Gasteiger partial charge in [-0.05, 0) is 25.5 Å². The molecular weight excluding hydrogens is 461 g/mol. The molecule has 0 saturated heterocycles. The Kier molecular flexibility index (Phi) is 10.5. The van der Waals surface area contributed by atoms with Crippen LogP contribution in [0.3, 0.4) is 0 Å². The summed E-state index contributed by atoms with van der Waals surface area (Å²) in [6.45, 7) is 3.96. The van der Waals surface area contributed by atoms with Gasteiger partial charge in [-0.15, -0.1) is 24.0 Å². The standard InChI is InChI=1S/C19H27N3O4.HI/c1-5-20-19(22-13-14-7-6-10-26-14)21-9-8-16-17(24-3)11-15(23-2)12-18(16)25-4;/h6-7,10-12H,5,8-9,13H2,1-4H3,(H2,20,21,22);1H. The molecule has 0 unspecified atom stereocenters. The molecule has 1 aromatic carbocycles. The lowest BCUT2D eigenvalue weighted by atomic mass is 10.1. The highest BCUT2D eigenvalue weighted by molar-refractivity contribution is 14.0. The molecule has 0 fully saturated rings. The lowest BCUT2D eigenvalue weighted by Gasteiger charge is -2.16. The van der Waals surface area contributed by atoms with Crippen LogP contribution in [0.15, 0.2) is 39.9 Å². The van der Waals surface area contributed by atoms with Crippen LogP contribution >= 0.6 is 24.0 Å². The summed E-state index contributed by atoms with van der Waals surface area (Å²) in [6, 6.07) is 7.47. The number of rotatable bonds is 9. The Labute approximate surface area is 177 Å². The highest BCUT2D eigenvalue weighted by Crippen LogP contribution is 2.34. The van der Waals surface area contributed by atoms with Crippen molar-refractivity contribution < 1.29 is 18.6 Å². The largest absolute Gasteiger partial charge is 0.496 e. The molecule has 0 amide bonds. The van der Waals surface area contributed by atoms with E-state index in [1.165, 1.54) is 0 Å². The van der Waals surface area contributed by atoms with Crippen molar-refractivity contribution in [1.82, 2.24) is 10.6 Å². The van der Waals surface area contributed by atoms with Gasteiger partial charge in [0, 0.05) is 30.8 Å². The third-order valence-corrected chi connectivity index (χ3v) is 3.80. The number of nitrogens with zero attached hydrogens (tertiary/aromatic N) is 1. The number of nitrogens with one attached hydrogen (secondary N) is 2. The zero-order chi connectivity index (χ0) is 18.8. The van der Waals surface area contributed by atoms with Crippen LogP contribution in [0.1, 0.15) is 18.2 Å². The van der Waals surface area contributed by atoms with E-state index >= 15 is 0 Å². The third-order valence-electron chi connectivity index (χ3n) is 3.80. The van der Waals surface area contributed by atoms with Crippen LogP contribution in [-0.4, -0.2) is 40.4 Å². The molecule has 0 spiro atoms. The molecule has 0 aliphatic rings. The second-order valence-electron chi connectivity index (χ2n) is 5.46. The van der Waals surface area contributed by atoms with Crippen LogP contribution in [0.5, 0.6) is 17.2 Å². The number of hydrogen-bond donors (Lipinski definition) is 2. The van der Waals surface area contributed by atoms with Gasteiger partial charge in [0.15, 0.2) is 5.96 Å². The average molecular weight is 489 g/mol. The van der Waals surface area contributed by atoms with Gasteiger partial charge in [-0.25, -0.2) is 4.99 Å². The van der Waals surface area contributed by atoms with Crippen molar-refractivity contribution >= 4 is 29.9 Å². The molecule has 2 aromatic rings. The van der Waals surface area contributed by atoms with Gasteiger partial charge in [0.2, 0.25) is 0 Å². The first-order valence-electron chi connectivity index (χ1n) is 8.55. The number of halogens is 1. The number of ether oxygens (including phenoxy) is 3. The number of aliphatic imine (C=N–C) groups is 1. The zero-order valence-electron chi connectivity index (χ0n) is 16.2. The molecule has 0 saturated carbocycles. The lowest BCUT2D eigenvalue weighted by Crippen LogP contribution is -2.38. The van der Waals surface area contributed by atoms with Gasteiger partial charge in [-0.1, -0.05) is 0 Å². The minimum absolute atomic E-state index is 0. The number of hydrogen-bond acceptors (Lipinski definition) is 5. The molecule has 0 aliphatic carbocycles. The summed E-state index contributed by atoms with van der Waals surface area (Å²) in [5.74, 6) is 3.72. The van der Waals surface area contributed by atoms with E-state index in [-0.39, 0.29) is 24.0 Å². The molecule has 1 heterocycles. The first-order valence-corrected chi connectivity index (χ1v) is 8.55. The summed E-state index contributed by atoms with van der Waals surface area (Å²) >= 11 is 0. The highest BCUT2D eigenvalue weighted by atomic mass is 127. The van der Waals surface area contributed by atoms with Gasteiger partial charge in [-0.2, -0.15) is 0 Å². The molecule has 2 rings (SSSR count). The number of benzene rings is 1. The number of methoxy groups -OCH3 is 3. The fourth-order valence-electron chi connectivity index (χ4n) is 2.53. The molecular formula is C19H28IN3O4. The van der Waals surface area contributed by atoms with Crippen LogP contribution in [0.4, 0.5) is 0 Å². The van der Waals surface area contributed by atoms with Crippen molar-refractivity contribution in [2.75, 3.05) is 34.4 Å². The van der Waals surface area contributed by atoms with Crippen LogP contribution in [0, 0.1) is 0 Å². The molecule has 27 heavy (non-hydrogen) atoms. The van der Waals surface area contributed by atoms with Crippen molar-refractivity contribution in [3.05, 3.63) is 41.9 Å². The Morgan fingerprint density at radius 1 is 1.07 bits per heavy atom. The molecule has 0 radical (unpaired) electrons. The normalized spacial score (nSPS) is 10.7. The van der Waals surface area contributed by atoms with Crippen molar-refractivity contribution in [3.8, 4) is 17.2 Å². The van der Waals surface area contributed by atoms with E-state index in [1.807, 2.05) is 31.2 Å². The van der Waals surface area contributed by atoms with E-state index < -0.39 is 0 Å². The van der Waals surface area contributed by atoms with Crippen molar-refractivity contribution in [3.63, 3.8) is 0 Å². The molecule has 150 valence electrons. The summed E-state index contributed by atoms with van der Waals surface area (Å²) in [5, 5.41) is 6.54. The van der Waals surface area contributed by atoms with E-state index in [9.17, 15) is 0 Å². The smallest absolute Gasteiger partial charge is 0.191 e. The molecule has 8 heteroatoms. The monoisotopic (exact) mass is 489 g/mol. The average Bonchev–Trinajstić information content (AvgIpc) is 3.19. The molecule has 0 bridgehead atoms. The first-order chi connectivity index (χ1) is 12.7. The number of furan rings is 1. The van der Waals surface area contributed by atoms with Crippen LogP contribution in [-0.2, 0) is 13.0 Å². The SMILES string of the molecule is CCNC(=NCc1ccco1)NCCc1c(OC)cc(OC)cc1OC.I. The summed E-state index contributed by atoms with van der Waals surface area (Å²) in [5.41, 5.74) is 0.977. The third kappa shape index (κ3) is 6.85. The van der Waals surface area contributed by atoms with E-state index in [4.69, 9.17) is 18.6 Å². The van der Waals surface area contributed by atoms with E-state index in [0.29, 0.717) is 25.3 Å². The topological polar surface area (TPSA) is 77.3 Å². The fraction of sp³-hybridized carbons (Fsp3) is 0.421. The van der Waals surface area contributed by atoms with Crippen molar-refractivity contribution in [1.29, 1.82) is 0 Å². The minimum atomic E-state index is 0. The maximum absolute atomic E-state index is 5.49. The van der Waals surface area contributed by atoms with Crippen molar-refractivity contribution in [2.45, 2.75) is 19.9 Å². The van der Waals surface area contributed by atoms with Crippen LogP contribution < -0.4 is 24.8 Å². The second kappa shape index (κ2) is 12.3. The lowest BCUT2D eigenvalue weighted by molar-refractivity contribution is 0.368. The van der Waals surface area contributed by atoms with E-state index in [1.54, 1.807) is 27.6 Å². The van der Waals surface area contributed by atoms with Gasteiger partial charge < -0.3 is 29.3 Å².